The number of hydrogen-bond donors (Lipinski definition) is 2. The molecule has 0 unspecified atom stereocenters. The third-order valence-corrected chi connectivity index (χ3v) is 8.74. The lowest BCUT2D eigenvalue weighted by Gasteiger charge is -2.56. The zero-order valence-corrected chi connectivity index (χ0v) is 19.5. The minimum Gasteiger partial charge on any atom is -0.392 e. The van der Waals surface area contributed by atoms with E-state index in [-0.39, 0.29) is 46.9 Å². The Morgan fingerprint density at radius 3 is 2.59 bits per heavy atom. The maximum atomic E-state index is 13.6. The average molecular weight is 445 g/mol. The first-order valence-electron chi connectivity index (χ1n) is 12.2. The van der Waals surface area contributed by atoms with Gasteiger partial charge in [0.05, 0.1) is 6.10 Å². The van der Waals surface area contributed by atoms with E-state index in [0.29, 0.717) is 5.56 Å². The number of carbonyl (C=O) groups is 2. The molecule has 1 aromatic rings. The molecule has 5 nitrogen and oxygen atoms in total. The van der Waals surface area contributed by atoms with Crippen molar-refractivity contribution in [2.24, 2.45) is 29.1 Å². The lowest BCUT2D eigenvalue weighted by Crippen LogP contribution is -2.58. The van der Waals surface area contributed by atoms with Gasteiger partial charge in [-0.3, -0.25) is 9.59 Å². The molecule has 2 amide bonds. The molecule has 2 saturated carbocycles. The van der Waals surface area contributed by atoms with Crippen molar-refractivity contribution in [1.82, 2.24) is 10.2 Å². The Balaban J connectivity index is 1.48. The molecule has 176 valence electrons. The summed E-state index contributed by atoms with van der Waals surface area (Å²) in [5.74, 6) is -0.689. The number of nitrogens with one attached hydrogen (secondary N) is 1. The van der Waals surface area contributed by atoms with Crippen molar-refractivity contribution in [3.05, 3.63) is 35.6 Å². The van der Waals surface area contributed by atoms with Crippen molar-refractivity contribution in [3.8, 4) is 0 Å². The summed E-state index contributed by atoms with van der Waals surface area (Å²) in [6, 6.07) is 5.66. The second-order valence-corrected chi connectivity index (χ2v) is 10.7. The highest BCUT2D eigenvalue weighted by atomic mass is 19.1. The van der Waals surface area contributed by atoms with Crippen LogP contribution in [0.2, 0.25) is 0 Å². The lowest BCUT2D eigenvalue weighted by atomic mass is 9.51. The van der Waals surface area contributed by atoms with Crippen LogP contribution in [0.5, 0.6) is 0 Å². The van der Waals surface area contributed by atoms with E-state index in [9.17, 15) is 19.1 Å². The van der Waals surface area contributed by atoms with Gasteiger partial charge < -0.3 is 15.3 Å². The predicted octanol–water partition coefficient (Wildman–Crippen LogP) is 4.01. The number of halogens is 1. The monoisotopic (exact) mass is 444 g/mol. The molecule has 0 radical (unpaired) electrons. The van der Waals surface area contributed by atoms with E-state index in [2.05, 4.69) is 19.2 Å². The van der Waals surface area contributed by atoms with Gasteiger partial charge in [0.1, 0.15) is 5.82 Å². The normalized spacial score (nSPS) is 35.8. The first kappa shape index (κ1) is 23.2. The number of likely N-dealkylation sites (tertiary alicyclic amines) is 1. The summed E-state index contributed by atoms with van der Waals surface area (Å²) >= 11 is 0. The van der Waals surface area contributed by atoms with Crippen LogP contribution in [0.1, 0.15) is 69.7 Å². The van der Waals surface area contributed by atoms with Gasteiger partial charge in [0, 0.05) is 30.6 Å². The molecule has 2 aliphatic carbocycles. The van der Waals surface area contributed by atoms with Crippen LogP contribution in [0.25, 0.3) is 0 Å². The standard InChI is InChI=1S/C26H37FN2O3/c1-16(25(32)29-13-4-5-14-29)20-9-11-26(3)12-10-21(17(2)22(26)23(20)30)28-24(31)18-7-6-8-19(27)15-18/h6-8,15-17,20-23,30H,4-5,9-14H2,1-3H3,(H,28,31)/t16-,17+,20-,21-,22+,23-,26-/m0/s1. The molecule has 1 saturated heterocycles. The Labute approximate surface area is 190 Å². The Morgan fingerprint density at radius 1 is 1.22 bits per heavy atom. The number of aliphatic hydroxyl groups is 1. The van der Waals surface area contributed by atoms with Gasteiger partial charge in [-0.05, 0) is 79.9 Å². The molecule has 0 spiro atoms. The van der Waals surface area contributed by atoms with Gasteiger partial charge in [0.15, 0.2) is 0 Å². The molecule has 3 aliphatic rings. The molecule has 1 aromatic carbocycles. The van der Waals surface area contributed by atoms with Gasteiger partial charge in [-0.1, -0.05) is 26.8 Å². The van der Waals surface area contributed by atoms with Crippen molar-refractivity contribution < 1.29 is 19.1 Å². The van der Waals surface area contributed by atoms with Gasteiger partial charge in [0.2, 0.25) is 5.91 Å². The number of hydrogen-bond acceptors (Lipinski definition) is 3. The molecule has 0 aromatic heterocycles. The molecule has 0 bridgehead atoms. The Bertz CT molecular complexity index is 855. The minimum absolute atomic E-state index is 0.00578. The number of benzene rings is 1. The Kier molecular flexibility index (Phi) is 6.62. The summed E-state index contributed by atoms with van der Waals surface area (Å²) in [4.78, 5) is 27.7. The summed E-state index contributed by atoms with van der Waals surface area (Å²) < 4.78 is 13.6. The molecule has 7 atom stereocenters. The fourth-order valence-corrected chi connectivity index (χ4v) is 6.79. The van der Waals surface area contributed by atoms with Crippen LogP contribution in [0, 0.1) is 34.9 Å². The molecule has 6 heteroatoms. The van der Waals surface area contributed by atoms with Gasteiger partial charge >= 0.3 is 0 Å². The summed E-state index contributed by atoms with van der Waals surface area (Å²) in [5, 5.41) is 14.6. The average Bonchev–Trinajstić information content (AvgIpc) is 3.30. The van der Waals surface area contributed by atoms with Crippen LogP contribution in [0.3, 0.4) is 0 Å². The van der Waals surface area contributed by atoms with Crippen LogP contribution in [0.15, 0.2) is 24.3 Å². The van der Waals surface area contributed by atoms with Crippen LogP contribution in [-0.2, 0) is 4.79 Å². The van der Waals surface area contributed by atoms with E-state index in [1.165, 1.54) is 12.1 Å². The molecular formula is C26H37FN2O3. The zero-order chi connectivity index (χ0) is 23.0. The molecule has 1 heterocycles. The Hall–Kier alpha value is -1.95. The van der Waals surface area contributed by atoms with Crippen molar-refractivity contribution in [2.75, 3.05) is 13.1 Å². The predicted molar refractivity (Wildman–Crippen MR) is 121 cm³/mol. The number of rotatable bonds is 4. The van der Waals surface area contributed by atoms with E-state index in [0.717, 1.165) is 51.6 Å². The third-order valence-electron chi connectivity index (χ3n) is 8.74. The molecule has 4 rings (SSSR count). The van der Waals surface area contributed by atoms with Gasteiger partial charge in [-0.15, -0.1) is 0 Å². The molecule has 3 fully saturated rings. The Morgan fingerprint density at radius 2 is 1.91 bits per heavy atom. The van der Waals surface area contributed by atoms with E-state index < -0.39 is 11.9 Å². The first-order valence-corrected chi connectivity index (χ1v) is 12.2. The van der Waals surface area contributed by atoms with Crippen molar-refractivity contribution >= 4 is 11.8 Å². The first-order chi connectivity index (χ1) is 15.2. The second kappa shape index (κ2) is 9.12. The maximum absolute atomic E-state index is 13.6. The van der Waals surface area contributed by atoms with Crippen LogP contribution in [0.4, 0.5) is 4.39 Å². The van der Waals surface area contributed by atoms with Crippen molar-refractivity contribution in [1.29, 1.82) is 0 Å². The van der Waals surface area contributed by atoms with Gasteiger partial charge in [0.25, 0.3) is 5.91 Å². The van der Waals surface area contributed by atoms with E-state index in [1.807, 2.05) is 11.8 Å². The highest BCUT2D eigenvalue weighted by molar-refractivity contribution is 5.94. The molecule has 1 aliphatic heterocycles. The summed E-state index contributed by atoms with van der Waals surface area (Å²) in [6.07, 6.45) is 5.18. The number of aliphatic hydroxyl groups excluding tert-OH is 1. The highest BCUT2D eigenvalue weighted by Gasteiger charge is 2.54. The SMILES string of the molecule is C[C@H]1[C@@H]2[C@@H](O)[C@H]([C@H](C)C(=O)N3CCCC3)CC[C@@]2(C)CC[C@@H]1NC(=O)c1cccc(F)c1. The highest BCUT2D eigenvalue weighted by Crippen LogP contribution is 2.55. The van der Waals surface area contributed by atoms with Crippen LogP contribution >= 0.6 is 0 Å². The fourth-order valence-electron chi connectivity index (χ4n) is 6.79. The quantitative estimate of drug-likeness (QED) is 0.737. The zero-order valence-electron chi connectivity index (χ0n) is 19.5. The third kappa shape index (κ3) is 4.30. The summed E-state index contributed by atoms with van der Waals surface area (Å²) in [7, 11) is 0. The summed E-state index contributed by atoms with van der Waals surface area (Å²) in [6.45, 7) is 8.01. The van der Waals surface area contributed by atoms with E-state index >= 15 is 0 Å². The number of carbonyl (C=O) groups excluding carboxylic acids is 2. The number of fused-ring (bicyclic) bond motifs is 1. The van der Waals surface area contributed by atoms with Crippen molar-refractivity contribution in [2.45, 2.75) is 71.4 Å². The topological polar surface area (TPSA) is 69.6 Å². The molecule has 32 heavy (non-hydrogen) atoms. The number of nitrogens with zero attached hydrogens (tertiary/aromatic N) is 1. The van der Waals surface area contributed by atoms with Crippen LogP contribution in [-0.4, -0.2) is 47.1 Å². The van der Waals surface area contributed by atoms with Crippen LogP contribution < -0.4 is 5.32 Å². The second-order valence-electron chi connectivity index (χ2n) is 10.7. The smallest absolute Gasteiger partial charge is 0.251 e. The molecular weight excluding hydrogens is 407 g/mol. The largest absolute Gasteiger partial charge is 0.392 e. The minimum atomic E-state index is -0.570. The summed E-state index contributed by atoms with van der Waals surface area (Å²) in [5.41, 5.74) is 0.323. The lowest BCUT2D eigenvalue weighted by molar-refractivity contribution is -0.149. The number of amides is 2. The maximum Gasteiger partial charge on any atom is 0.251 e. The van der Waals surface area contributed by atoms with E-state index in [4.69, 9.17) is 0 Å². The van der Waals surface area contributed by atoms with Crippen molar-refractivity contribution in [3.63, 3.8) is 0 Å². The molecule has 2 N–H and O–H groups in total. The van der Waals surface area contributed by atoms with Gasteiger partial charge in [-0.25, -0.2) is 4.39 Å². The van der Waals surface area contributed by atoms with Gasteiger partial charge in [-0.2, -0.15) is 0 Å². The van der Waals surface area contributed by atoms with E-state index in [1.54, 1.807) is 12.1 Å². The fraction of sp³-hybridized carbons (Fsp3) is 0.692.